The molecule has 12 heteroatoms. The summed E-state index contributed by atoms with van der Waals surface area (Å²) in [5.74, 6) is 0.461. The summed E-state index contributed by atoms with van der Waals surface area (Å²) in [6, 6.07) is 8.23. The Balaban J connectivity index is 1.41. The molecule has 9 nitrogen and oxygen atoms in total. The van der Waals surface area contributed by atoms with E-state index in [0.717, 1.165) is 49.8 Å². The Morgan fingerprint density at radius 3 is 2.60 bits per heavy atom. The van der Waals surface area contributed by atoms with E-state index >= 15 is 0 Å². The van der Waals surface area contributed by atoms with Crippen LogP contribution in [0.4, 0.5) is 24.8 Å². The molecular formula is C28H28F3N7O2. The molecule has 1 fully saturated rings. The fourth-order valence-corrected chi connectivity index (χ4v) is 5.10. The van der Waals surface area contributed by atoms with Crippen LogP contribution in [-0.4, -0.2) is 37.2 Å². The van der Waals surface area contributed by atoms with E-state index in [-0.39, 0.29) is 29.2 Å². The summed E-state index contributed by atoms with van der Waals surface area (Å²) in [5, 5.41) is 5.51. The molecule has 1 aromatic carbocycles. The number of anilines is 2. The van der Waals surface area contributed by atoms with E-state index in [1.54, 1.807) is 30.5 Å². The van der Waals surface area contributed by atoms with Gasteiger partial charge >= 0.3 is 6.18 Å². The molecule has 4 aromatic rings. The Morgan fingerprint density at radius 1 is 1.10 bits per heavy atom. The molecule has 2 unspecified atom stereocenters. The van der Waals surface area contributed by atoms with Crippen molar-refractivity contribution >= 4 is 29.0 Å². The standard InChI is InChI=1S/C28H28F3N7O2/c1-2-22(39)35-20-5-3-4-18(14-20)26-37-23(24-25(32)34-12-13-38(24)26)16-6-8-17(9-7-16)27(40)36-21-15-19(10-11-33-21)28(29,30)31/h6-13,15,18,20H,2-5,14H2,1H3,(H2,32,34)(H,35,39)(H,33,36,40). The Morgan fingerprint density at radius 2 is 1.88 bits per heavy atom. The first-order valence-electron chi connectivity index (χ1n) is 13.0. The van der Waals surface area contributed by atoms with Gasteiger partial charge in [-0.25, -0.2) is 15.0 Å². The third-order valence-corrected chi connectivity index (χ3v) is 7.09. The quantitative estimate of drug-likeness (QED) is 0.302. The Labute approximate surface area is 228 Å². The lowest BCUT2D eigenvalue weighted by Gasteiger charge is -2.29. The van der Waals surface area contributed by atoms with Crippen molar-refractivity contribution in [2.24, 2.45) is 0 Å². The van der Waals surface area contributed by atoms with E-state index in [2.05, 4.69) is 20.6 Å². The van der Waals surface area contributed by atoms with Crippen LogP contribution in [0.2, 0.25) is 0 Å². The molecular weight excluding hydrogens is 523 g/mol. The number of carbonyl (C=O) groups excluding carboxylic acids is 2. The zero-order chi connectivity index (χ0) is 28.4. The molecule has 0 radical (unpaired) electrons. The van der Waals surface area contributed by atoms with Gasteiger partial charge in [-0.05, 0) is 43.5 Å². The molecule has 208 valence electrons. The average Bonchev–Trinajstić information content (AvgIpc) is 3.34. The van der Waals surface area contributed by atoms with Gasteiger partial charge in [-0.3, -0.25) is 14.0 Å². The second-order valence-electron chi connectivity index (χ2n) is 9.79. The molecule has 4 N–H and O–H groups in total. The van der Waals surface area contributed by atoms with Crippen LogP contribution in [0.5, 0.6) is 0 Å². The Kier molecular flexibility index (Phi) is 7.42. The minimum absolute atomic E-state index is 0.0284. The number of halogens is 3. The molecule has 1 aliphatic carbocycles. The van der Waals surface area contributed by atoms with Crippen molar-refractivity contribution in [1.29, 1.82) is 0 Å². The van der Waals surface area contributed by atoms with Crippen molar-refractivity contribution in [3.63, 3.8) is 0 Å². The molecule has 2 atom stereocenters. The summed E-state index contributed by atoms with van der Waals surface area (Å²) in [6.07, 6.45) is 3.86. The molecule has 0 spiro atoms. The predicted octanol–water partition coefficient (Wildman–Crippen LogP) is 5.20. The summed E-state index contributed by atoms with van der Waals surface area (Å²) in [4.78, 5) is 37.7. The molecule has 1 saturated carbocycles. The van der Waals surface area contributed by atoms with Gasteiger partial charge in [0.15, 0.2) is 0 Å². The lowest BCUT2D eigenvalue weighted by molar-refractivity contribution is -0.137. The van der Waals surface area contributed by atoms with Crippen LogP contribution in [0.1, 0.15) is 66.7 Å². The highest BCUT2D eigenvalue weighted by molar-refractivity contribution is 6.04. The number of fused-ring (bicyclic) bond motifs is 1. The number of imidazole rings is 1. The number of alkyl halides is 3. The maximum absolute atomic E-state index is 13.0. The van der Waals surface area contributed by atoms with Crippen molar-refractivity contribution < 1.29 is 22.8 Å². The molecule has 3 aromatic heterocycles. The number of hydrogen-bond donors (Lipinski definition) is 3. The normalized spacial score (nSPS) is 17.5. The smallest absolute Gasteiger partial charge is 0.382 e. The first kappa shape index (κ1) is 27.1. The lowest BCUT2D eigenvalue weighted by atomic mass is 9.85. The highest BCUT2D eigenvalue weighted by Crippen LogP contribution is 2.37. The topological polar surface area (TPSA) is 127 Å². The van der Waals surface area contributed by atoms with Crippen molar-refractivity contribution in [2.75, 3.05) is 11.1 Å². The molecule has 5 rings (SSSR count). The zero-order valence-electron chi connectivity index (χ0n) is 21.7. The molecule has 1 aliphatic rings. The first-order valence-corrected chi connectivity index (χ1v) is 13.0. The van der Waals surface area contributed by atoms with Gasteiger partial charge in [-0.1, -0.05) is 25.5 Å². The van der Waals surface area contributed by atoms with Gasteiger partial charge in [-0.2, -0.15) is 13.2 Å². The van der Waals surface area contributed by atoms with Gasteiger partial charge in [0, 0.05) is 48.1 Å². The number of rotatable bonds is 6. The Bertz CT molecular complexity index is 1550. The van der Waals surface area contributed by atoms with E-state index < -0.39 is 17.6 Å². The number of amides is 2. The maximum Gasteiger partial charge on any atom is 0.416 e. The average molecular weight is 552 g/mol. The minimum atomic E-state index is -4.55. The van der Waals surface area contributed by atoms with Crippen LogP contribution in [0.25, 0.3) is 16.8 Å². The number of hydrogen-bond acceptors (Lipinski definition) is 6. The van der Waals surface area contributed by atoms with E-state index in [4.69, 9.17) is 10.7 Å². The van der Waals surface area contributed by atoms with Crippen LogP contribution in [0.15, 0.2) is 55.0 Å². The van der Waals surface area contributed by atoms with Crippen molar-refractivity contribution in [3.05, 3.63) is 71.9 Å². The highest BCUT2D eigenvalue weighted by atomic mass is 19.4. The van der Waals surface area contributed by atoms with Gasteiger partial charge in [0.2, 0.25) is 5.91 Å². The number of nitrogens with zero attached hydrogens (tertiary/aromatic N) is 4. The van der Waals surface area contributed by atoms with Gasteiger partial charge in [0.25, 0.3) is 5.91 Å². The van der Waals surface area contributed by atoms with Crippen molar-refractivity contribution in [1.82, 2.24) is 24.7 Å². The third kappa shape index (κ3) is 5.61. The fourth-order valence-electron chi connectivity index (χ4n) is 5.10. The summed E-state index contributed by atoms with van der Waals surface area (Å²) in [7, 11) is 0. The summed E-state index contributed by atoms with van der Waals surface area (Å²) < 4.78 is 40.9. The summed E-state index contributed by atoms with van der Waals surface area (Å²) >= 11 is 0. The number of aromatic nitrogens is 4. The number of carbonyl (C=O) groups is 2. The number of nitrogens with two attached hydrogens (primary N) is 1. The fraction of sp³-hybridized carbons (Fsp3) is 0.321. The van der Waals surface area contributed by atoms with E-state index in [1.165, 1.54) is 0 Å². The van der Waals surface area contributed by atoms with Crippen LogP contribution >= 0.6 is 0 Å². The summed E-state index contributed by atoms with van der Waals surface area (Å²) in [5.41, 5.74) is 7.55. The molecule has 0 aliphatic heterocycles. The van der Waals surface area contributed by atoms with Gasteiger partial charge in [0.05, 0.1) is 5.56 Å². The largest absolute Gasteiger partial charge is 0.416 e. The number of nitrogen functional groups attached to an aromatic ring is 1. The van der Waals surface area contributed by atoms with Gasteiger partial charge in [-0.15, -0.1) is 0 Å². The third-order valence-electron chi connectivity index (χ3n) is 7.09. The zero-order valence-corrected chi connectivity index (χ0v) is 21.7. The van der Waals surface area contributed by atoms with E-state index in [0.29, 0.717) is 29.0 Å². The van der Waals surface area contributed by atoms with Crippen LogP contribution < -0.4 is 16.4 Å². The predicted molar refractivity (Wildman–Crippen MR) is 143 cm³/mol. The first-order chi connectivity index (χ1) is 19.1. The van der Waals surface area contributed by atoms with Gasteiger partial charge in [0.1, 0.15) is 28.7 Å². The number of nitrogens with one attached hydrogen (secondary N) is 2. The monoisotopic (exact) mass is 551 g/mol. The number of benzene rings is 1. The molecule has 40 heavy (non-hydrogen) atoms. The molecule has 0 bridgehead atoms. The van der Waals surface area contributed by atoms with E-state index in [9.17, 15) is 22.8 Å². The van der Waals surface area contributed by atoms with Crippen LogP contribution in [-0.2, 0) is 11.0 Å². The highest BCUT2D eigenvalue weighted by Gasteiger charge is 2.31. The van der Waals surface area contributed by atoms with Crippen LogP contribution in [0.3, 0.4) is 0 Å². The van der Waals surface area contributed by atoms with E-state index in [1.807, 2.05) is 17.5 Å². The second kappa shape index (κ2) is 10.9. The SMILES string of the molecule is CCC(=O)NC1CCCC(c2nc(-c3ccc(C(=O)Nc4cc(C(F)(F)F)ccn4)cc3)c3c(N)nccn23)C1. The Hall–Kier alpha value is -4.48. The molecule has 2 amide bonds. The van der Waals surface area contributed by atoms with Crippen LogP contribution in [0, 0.1) is 0 Å². The summed E-state index contributed by atoms with van der Waals surface area (Å²) in [6.45, 7) is 1.83. The van der Waals surface area contributed by atoms with Crippen molar-refractivity contribution in [3.8, 4) is 11.3 Å². The molecule has 3 heterocycles. The number of pyridine rings is 1. The van der Waals surface area contributed by atoms with Crippen molar-refractivity contribution in [2.45, 2.75) is 57.2 Å². The second-order valence-corrected chi connectivity index (χ2v) is 9.79. The maximum atomic E-state index is 13.0. The minimum Gasteiger partial charge on any atom is -0.382 e. The molecule has 0 saturated heterocycles. The lowest BCUT2D eigenvalue weighted by Crippen LogP contribution is -2.37. The van der Waals surface area contributed by atoms with Gasteiger partial charge < -0.3 is 16.4 Å².